The van der Waals surface area contributed by atoms with Gasteiger partial charge in [-0.3, -0.25) is 14.4 Å². The first-order valence-electron chi connectivity index (χ1n) is 8.08. The van der Waals surface area contributed by atoms with E-state index in [2.05, 4.69) is 20.4 Å². The molecular weight excluding hydrogens is 326 g/mol. The molecule has 2 amide bonds. The van der Waals surface area contributed by atoms with E-state index in [1.807, 2.05) is 0 Å². The molecule has 1 saturated heterocycles. The van der Waals surface area contributed by atoms with E-state index in [0.29, 0.717) is 43.2 Å². The third-order valence-corrected chi connectivity index (χ3v) is 4.17. The second-order valence-corrected chi connectivity index (χ2v) is 5.96. The maximum absolute atomic E-state index is 12.4. The molecule has 0 radical (unpaired) electrons. The van der Waals surface area contributed by atoms with Gasteiger partial charge >= 0.3 is 0 Å². The van der Waals surface area contributed by atoms with Crippen LogP contribution in [-0.4, -0.2) is 44.9 Å². The van der Waals surface area contributed by atoms with Gasteiger partial charge < -0.3 is 19.7 Å². The van der Waals surface area contributed by atoms with Crippen molar-refractivity contribution in [3.05, 3.63) is 46.0 Å². The number of amides is 2. The number of H-pyrrole nitrogens is 1. The monoisotopic (exact) mass is 345 g/mol. The summed E-state index contributed by atoms with van der Waals surface area (Å²) in [5, 5.41) is 6.45. The summed E-state index contributed by atoms with van der Waals surface area (Å²) in [7, 11) is 0. The Balaban J connectivity index is 1.49. The Labute approximate surface area is 143 Å². The minimum absolute atomic E-state index is 0.0769. The van der Waals surface area contributed by atoms with Crippen molar-refractivity contribution in [1.82, 2.24) is 25.3 Å². The van der Waals surface area contributed by atoms with Gasteiger partial charge in [0.2, 0.25) is 17.4 Å². The number of likely N-dealkylation sites (tertiary alicyclic amines) is 1. The molecule has 3 heterocycles. The van der Waals surface area contributed by atoms with Crippen molar-refractivity contribution in [3.8, 4) is 0 Å². The van der Waals surface area contributed by atoms with Crippen LogP contribution in [0.3, 0.4) is 0 Å². The topological polar surface area (TPSA) is 121 Å². The molecule has 9 nitrogen and oxygen atoms in total. The summed E-state index contributed by atoms with van der Waals surface area (Å²) in [4.78, 5) is 43.9. The number of carbonyl (C=O) groups excluding carboxylic acids is 2. The molecule has 1 aliphatic rings. The maximum atomic E-state index is 12.4. The van der Waals surface area contributed by atoms with E-state index in [1.54, 1.807) is 11.8 Å². The summed E-state index contributed by atoms with van der Waals surface area (Å²) < 4.78 is 4.95. The molecule has 0 saturated carbocycles. The number of hydrogen-bond acceptors (Lipinski definition) is 6. The molecule has 1 aliphatic heterocycles. The van der Waals surface area contributed by atoms with E-state index in [-0.39, 0.29) is 29.8 Å². The Morgan fingerprint density at radius 3 is 2.72 bits per heavy atom. The van der Waals surface area contributed by atoms with Crippen molar-refractivity contribution >= 4 is 11.8 Å². The number of nitrogens with one attached hydrogen (secondary N) is 2. The Morgan fingerprint density at radius 2 is 2.12 bits per heavy atom. The first-order valence-corrected chi connectivity index (χ1v) is 8.08. The van der Waals surface area contributed by atoms with Gasteiger partial charge in [0.15, 0.2) is 5.82 Å². The van der Waals surface area contributed by atoms with E-state index >= 15 is 0 Å². The molecule has 0 spiro atoms. The second kappa shape index (κ2) is 7.29. The van der Waals surface area contributed by atoms with Gasteiger partial charge in [-0.2, -0.15) is 4.98 Å². The predicted molar refractivity (Wildman–Crippen MR) is 86.6 cm³/mol. The second-order valence-electron chi connectivity index (χ2n) is 5.96. The summed E-state index contributed by atoms with van der Waals surface area (Å²) in [6.45, 7) is 2.91. The summed E-state index contributed by atoms with van der Waals surface area (Å²) in [5.74, 6) is 0.530. The lowest BCUT2D eigenvalue weighted by molar-refractivity contribution is -0.126. The highest BCUT2D eigenvalue weighted by molar-refractivity contribution is 5.94. The van der Waals surface area contributed by atoms with Crippen molar-refractivity contribution in [2.24, 2.45) is 5.92 Å². The fraction of sp³-hybridized carbons (Fsp3) is 0.438. The van der Waals surface area contributed by atoms with Gasteiger partial charge in [-0.25, -0.2) is 0 Å². The van der Waals surface area contributed by atoms with Gasteiger partial charge in [-0.15, -0.1) is 0 Å². The molecule has 0 unspecified atom stereocenters. The van der Waals surface area contributed by atoms with Crippen LogP contribution in [0.5, 0.6) is 0 Å². The minimum Gasteiger partial charge on any atom is -0.347 e. The zero-order valence-electron chi connectivity index (χ0n) is 13.8. The highest BCUT2D eigenvalue weighted by Crippen LogP contribution is 2.19. The third-order valence-electron chi connectivity index (χ3n) is 4.17. The predicted octanol–water partition coefficient (Wildman–Crippen LogP) is 0.235. The van der Waals surface area contributed by atoms with E-state index in [9.17, 15) is 14.4 Å². The normalized spacial score (nSPS) is 15.2. The van der Waals surface area contributed by atoms with Crippen molar-refractivity contribution in [2.75, 3.05) is 13.1 Å². The van der Waals surface area contributed by atoms with Crippen molar-refractivity contribution in [1.29, 1.82) is 0 Å². The summed E-state index contributed by atoms with van der Waals surface area (Å²) in [5.41, 5.74) is 0.192. The van der Waals surface area contributed by atoms with Crippen LogP contribution in [0, 0.1) is 12.8 Å². The minimum atomic E-state index is -0.247. The Kier molecular flexibility index (Phi) is 4.92. The summed E-state index contributed by atoms with van der Waals surface area (Å²) >= 11 is 0. The van der Waals surface area contributed by atoms with E-state index in [4.69, 9.17) is 4.52 Å². The smallest absolute Gasteiger partial charge is 0.255 e. The molecule has 2 N–H and O–H groups in total. The molecule has 0 aromatic carbocycles. The molecule has 132 valence electrons. The molecule has 25 heavy (non-hydrogen) atoms. The SMILES string of the molecule is Cc1noc(CNC(=O)C2CCN(C(=O)c3ccc(=O)[nH]c3)CC2)n1. The average Bonchev–Trinajstić information content (AvgIpc) is 3.05. The van der Waals surface area contributed by atoms with Gasteiger partial charge in [0.1, 0.15) is 0 Å². The van der Waals surface area contributed by atoms with Crippen LogP contribution >= 0.6 is 0 Å². The number of rotatable bonds is 4. The summed E-state index contributed by atoms with van der Waals surface area (Å²) in [6, 6.07) is 2.83. The van der Waals surface area contributed by atoms with Gasteiger partial charge in [-0.1, -0.05) is 5.16 Å². The number of aryl methyl sites for hydroxylation is 1. The number of nitrogens with zero attached hydrogens (tertiary/aromatic N) is 3. The standard InChI is InChI=1S/C16H19N5O4/c1-10-19-14(25-20-10)9-18-15(23)11-4-6-21(7-5-11)16(24)12-2-3-13(22)17-8-12/h2-3,8,11H,4-7,9H2,1H3,(H,17,22)(H,18,23). The molecule has 9 heteroatoms. The van der Waals surface area contributed by atoms with Crippen molar-refractivity contribution < 1.29 is 14.1 Å². The average molecular weight is 345 g/mol. The zero-order valence-corrected chi connectivity index (χ0v) is 13.8. The fourth-order valence-electron chi connectivity index (χ4n) is 2.79. The van der Waals surface area contributed by atoms with E-state index in [1.165, 1.54) is 18.3 Å². The highest BCUT2D eigenvalue weighted by atomic mass is 16.5. The van der Waals surface area contributed by atoms with E-state index in [0.717, 1.165) is 0 Å². The fourth-order valence-corrected chi connectivity index (χ4v) is 2.79. The van der Waals surface area contributed by atoms with Gasteiger partial charge in [0.05, 0.1) is 12.1 Å². The van der Waals surface area contributed by atoms with Crippen LogP contribution in [0.2, 0.25) is 0 Å². The molecule has 0 atom stereocenters. The number of piperidine rings is 1. The number of hydrogen-bond donors (Lipinski definition) is 2. The number of aromatic nitrogens is 3. The first-order chi connectivity index (χ1) is 12.0. The first kappa shape index (κ1) is 16.9. The molecule has 0 bridgehead atoms. The molecule has 3 rings (SSSR count). The highest BCUT2D eigenvalue weighted by Gasteiger charge is 2.28. The number of aromatic amines is 1. The molecule has 1 fully saturated rings. The molecular formula is C16H19N5O4. The zero-order chi connectivity index (χ0) is 17.8. The molecule has 0 aliphatic carbocycles. The van der Waals surface area contributed by atoms with Gasteiger partial charge in [0, 0.05) is 31.3 Å². The molecule has 2 aromatic heterocycles. The number of carbonyl (C=O) groups is 2. The van der Waals surface area contributed by atoms with Crippen LogP contribution in [0.1, 0.15) is 34.9 Å². The van der Waals surface area contributed by atoms with Crippen LogP contribution in [0.4, 0.5) is 0 Å². The number of pyridine rings is 1. The maximum Gasteiger partial charge on any atom is 0.255 e. The van der Waals surface area contributed by atoms with Gasteiger partial charge in [-0.05, 0) is 25.8 Å². The van der Waals surface area contributed by atoms with E-state index < -0.39 is 0 Å². The lowest BCUT2D eigenvalue weighted by Gasteiger charge is -2.31. The Morgan fingerprint density at radius 1 is 1.36 bits per heavy atom. The largest absolute Gasteiger partial charge is 0.347 e. The Bertz CT molecular complexity index is 799. The molecule has 2 aromatic rings. The third kappa shape index (κ3) is 4.11. The van der Waals surface area contributed by atoms with Crippen molar-refractivity contribution in [2.45, 2.75) is 26.3 Å². The van der Waals surface area contributed by atoms with Crippen LogP contribution in [-0.2, 0) is 11.3 Å². The lowest BCUT2D eigenvalue weighted by Crippen LogP contribution is -2.43. The lowest BCUT2D eigenvalue weighted by atomic mass is 9.95. The van der Waals surface area contributed by atoms with Crippen LogP contribution < -0.4 is 10.9 Å². The Hall–Kier alpha value is -2.97. The van der Waals surface area contributed by atoms with Gasteiger partial charge in [0.25, 0.3) is 5.91 Å². The summed E-state index contributed by atoms with van der Waals surface area (Å²) in [6.07, 6.45) is 2.59. The quantitative estimate of drug-likeness (QED) is 0.818. The van der Waals surface area contributed by atoms with Crippen molar-refractivity contribution in [3.63, 3.8) is 0 Å². The van der Waals surface area contributed by atoms with Crippen LogP contribution in [0.25, 0.3) is 0 Å². The van der Waals surface area contributed by atoms with Crippen LogP contribution in [0.15, 0.2) is 27.6 Å².